The second-order valence-electron chi connectivity index (χ2n) is 5.33. The van der Waals surface area contributed by atoms with E-state index in [0.717, 1.165) is 12.8 Å². The molecule has 2 atom stereocenters. The third-order valence-electron chi connectivity index (χ3n) is 2.98. The van der Waals surface area contributed by atoms with E-state index >= 15 is 0 Å². The van der Waals surface area contributed by atoms with Crippen LogP contribution in [0.25, 0.3) is 0 Å². The smallest absolute Gasteiger partial charge is 0.224 e. The Hall–Kier alpha value is -0.570. The quantitative estimate of drug-likeness (QED) is 0.701. The average Bonchev–Trinajstić information content (AvgIpc) is 2.21. The fourth-order valence-corrected chi connectivity index (χ4v) is 1.92. The van der Waals surface area contributed by atoms with E-state index in [0.29, 0.717) is 18.4 Å². The highest BCUT2D eigenvalue weighted by Gasteiger charge is 2.21. The fraction of sp³-hybridized carbons (Fsp3) is 0.923. The minimum absolute atomic E-state index is 0.0344. The van der Waals surface area contributed by atoms with Gasteiger partial charge in [0.05, 0.1) is 5.92 Å². The van der Waals surface area contributed by atoms with Crippen LogP contribution in [0.3, 0.4) is 0 Å². The lowest BCUT2D eigenvalue weighted by molar-refractivity contribution is -0.126. The molecule has 0 saturated heterocycles. The zero-order chi connectivity index (χ0) is 12.7. The molecule has 0 heterocycles. The van der Waals surface area contributed by atoms with Crippen LogP contribution in [-0.4, -0.2) is 18.5 Å². The van der Waals surface area contributed by atoms with Gasteiger partial charge in [0.25, 0.3) is 0 Å². The topological polar surface area (TPSA) is 55.1 Å². The summed E-state index contributed by atoms with van der Waals surface area (Å²) >= 11 is 0. The number of hydrogen-bond donors (Lipinski definition) is 2. The van der Waals surface area contributed by atoms with E-state index in [1.54, 1.807) is 0 Å². The molecule has 16 heavy (non-hydrogen) atoms. The summed E-state index contributed by atoms with van der Waals surface area (Å²) < 4.78 is 0. The summed E-state index contributed by atoms with van der Waals surface area (Å²) in [7, 11) is 0. The van der Waals surface area contributed by atoms with Crippen molar-refractivity contribution in [2.45, 2.75) is 53.5 Å². The van der Waals surface area contributed by atoms with Gasteiger partial charge in [0.1, 0.15) is 0 Å². The van der Waals surface area contributed by atoms with Gasteiger partial charge in [-0.1, -0.05) is 34.6 Å². The predicted molar refractivity (Wildman–Crippen MR) is 69.1 cm³/mol. The van der Waals surface area contributed by atoms with Crippen LogP contribution in [-0.2, 0) is 4.79 Å². The van der Waals surface area contributed by atoms with Gasteiger partial charge in [-0.25, -0.2) is 0 Å². The molecule has 0 aliphatic carbocycles. The molecular weight excluding hydrogens is 200 g/mol. The normalized spacial score (nSPS) is 15.2. The first-order chi connectivity index (χ1) is 7.42. The SMILES string of the molecule is CCC(NC(=O)C(CN)CC(C)C)C(C)C. The molecule has 0 fully saturated rings. The first-order valence-electron chi connectivity index (χ1n) is 6.42. The molecule has 3 N–H and O–H groups in total. The summed E-state index contributed by atoms with van der Waals surface area (Å²) in [4.78, 5) is 12.0. The zero-order valence-corrected chi connectivity index (χ0v) is 11.4. The van der Waals surface area contributed by atoms with E-state index in [9.17, 15) is 4.79 Å². The van der Waals surface area contributed by atoms with Gasteiger partial charge in [-0.05, 0) is 24.7 Å². The van der Waals surface area contributed by atoms with E-state index in [1.165, 1.54) is 0 Å². The third-order valence-corrected chi connectivity index (χ3v) is 2.98. The van der Waals surface area contributed by atoms with Crippen molar-refractivity contribution >= 4 is 5.91 Å². The first kappa shape index (κ1) is 15.4. The molecule has 0 radical (unpaired) electrons. The molecule has 0 bridgehead atoms. The highest BCUT2D eigenvalue weighted by atomic mass is 16.1. The number of nitrogens with two attached hydrogens (primary N) is 1. The van der Waals surface area contributed by atoms with Crippen LogP contribution in [0.5, 0.6) is 0 Å². The van der Waals surface area contributed by atoms with Crippen molar-refractivity contribution in [2.24, 2.45) is 23.5 Å². The van der Waals surface area contributed by atoms with Crippen LogP contribution in [0.4, 0.5) is 0 Å². The van der Waals surface area contributed by atoms with Gasteiger partial charge in [0.2, 0.25) is 5.91 Å². The van der Waals surface area contributed by atoms with Gasteiger partial charge in [0.15, 0.2) is 0 Å². The minimum Gasteiger partial charge on any atom is -0.353 e. The Morgan fingerprint density at radius 3 is 2.12 bits per heavy atom. The predicted octanol–water partition coefficient (Wildman–Crippen LogP) is 2.16. The monoisotopic (exact) mass is 228 g/mol. The number of amides is 1. The van der Waals surface area contributed by atoms with Crippen LogP contribution < -0.4 is 11.1 Å². The summed E-state index contributed by atoms with van der Waals surface area (Å²) in [6, 6.07) is 0.272. The Kier molecular flexibility index (Phi) is 7.39. The molecule has 0 spiro atoms. The summed E-state index contributed by atoms with van der Waals surface area (Å²) in [6.45, 7) is 11.1. The second kappa shape index (κ2) is 7.66. The average molecular weight is 228 g/mol. The van der Waals surface area contributed by atoms with Crippen molar-refractivity contribution in [1.29, 1.82) is 0 Å². The van der Waals surface area contributed by atoms with Crippen molar-refractivity contribution in [2.75, 3.05) is 6.54 Å². The fourth-order valence-electron chi connectivity index (χ4n) is 1.92. The Morgan fingerprint density at radius 1 is 1.25 bits per heavy atom. The number of carbonyl (C=O) groups excluding carboxylic acids is 1. The first-order valence-corrected chi connectivity index (χ1v) is 6.42. The van der Waals surface area contributed by atoms with E-state index in [-0.39, 0.29) is 17.9 Å². The van der Waals surface area contributed by atoms with Crippen LogP contribution in [0.15, 0.2) is 0 Å². The maximum Gasteiger partial charge on any atom is 0.224 e. The standard InChI is InChI=1S/C13H28N2O/c1-6-12(10(4)5)15-13(16)11(8-14)7-9(2)3/h9-12H,6-8,14H2,1-5H3,(H,15,16). The molecule has 3 nitrogen and oxygen atoms in total. The van der Waals surface area contributed by atoms with Gasteiger partial charge < -0.3 is 11.1 Å². The summed E-state index contributed by atoms with van der Waals surface area (Å²) in [5, 5.41) is 3.10. The molecule has 0 aromatic rings. The Morgan fingerprint density at radius 2 is 1.81 bits per heavy atom. The van der Waals surface area contributed by atoms with Crippen molar-refractivity contribution in [1.82, 2.24) is 5.32 Å². The molecule has 0 saturated carbocycles. The second-order valence-corrected chi connectivity index (χ2v) is 5.33. The van der Waals surface area contributed by atoms with E-state index in [4.69, 9.17) is 5.73 Å². The zero-order valence-electron chi connectivity index (χ0n) is 11.4. The molecule has 1 amide bonds. The molecule has 2 unspecified atom stereocenters. The Balaban J connectivity index is 4.29. The van der Waals surface area contributed by atoms with Crippen LogP contribution in [0, 0.1) is 17.8 Å². The largest absolute Gasteiger partial charge is 0.353 e. The minimum atomic E-state index is -0.0344. The van der Waals surface area contributed by atoms with E-state index < -0.39 is 0 Å². The van der Waals surface area contributed by atoms with Gasteiger partial charge in [-0.2, -0.15) is 0 Å². The molecule has 0 rings (SSSR count). The van der Waals surface area contributed by atoms with E-state index in [2.05, 4.69) is 39.9 Å². The van der Waals surface area contributed by atoms with Crippen LogP contribution in [0.2, 0.25) is 0 Å². The van der Waals surface area contributed by atoms with Crippen molar-refractivity contribution < 1.29 is 4.79 Å². The molecular formula is C13H28N2O. The summed E-state index contributed by atoms with van der Waals surface area (Å²) in [6.07, 6.45) is 1.85. The lowest BCUT2D eigenvalue weighted by Crippen LogP contribution is -2.43. The van der Waals surface area contributed by atoms with Crippen molar-refractivity contribution in [3.05, 3.63) is 0 Å². The highest BCUT2D eigenvalue weighted by Crippen LogP contribution is 2.12. The van der Waals surface area contributed by atoms with Gasteiger partial charge in [-0.15, -0.1) is 0 Å². The maximum absolute atomic E-state index is 12.0. The number of nitrogens with one attached hydrogen (secondary N) is 1. The Bertz CT molecular complexity index is 202. The van der Waals surface area contributed by atoms with Crippen molar-refractivity contribution in [3.8, 4) is 0 Å². The third kappa shape index (κ3) is 5.50. The van der Waals surface area contributed by atoms with Gasteiger partial charge >= 0.3 is 0 Å². The summed E-state index contributed by atoms with van der Waals surface area (Å²) in [5.41, 5.74) is 5.65. The molecule has 0 aromatic heterocycles. The lowest BCUT2D eigenvalue weighted by Gasteiger charge is -2.24. The molecule has 0 aromatic carbocycles. The van der Waals surface area contributed by atoms with Crippen LogP contribution >= 0.6 is 0 Å². The summed E-state index contributed by atoms with van der Waals surface area (Å²) in [5.74, 6) is 1.08. The Labute approximate surface area is 100 Å². The maximum atomic E-state index is 12.0. The lowest BCUT2D eigenvalue weighted by atomic mass is 9.94. The number of hydrogen-bond acceptors (Lipinski definition) is 2. The highest BCUT2D eigenvalue weighted by molar-refractivity contribution is 5.79. The van der Waals surface area contributed by atoms with Gasteiger partial charge in [0, 0.05) is 12.6 Å². The number of carbonyl (C=O) groups is 1. The molecule has 3 heteroatoms. The molecule has 0 aliphatic heterocycles. The van der Waals surface area contributed by atoms with Gasteiger partial charge in [-0.3, -0.25) is 4.79 Å². The molecule has 96 valence electrons. The van der Waals surface area contributed by atoms with Crippen LogP contribution in [0.1, 0.15) is 47.5 Å². The van der Waals surface area contributed by atoms with E-state index in [1.807, 2.05) is 0 Å². The number of rotatable bonds is 7. The molecule has 0 aliphatic rings. The van der Waals surface area contributed by atoms with Crippen molar-refractivity contribution in [3.63, 3.8) is 0 Å².